The van der Waals surface area contributed by atoms with Gasteiger partial charge in [-0.2, -0.15) is 0 Å². The smallest absolute Gasteiger partial charge is 0.243 e. The molecule has 0 aromatic heterocycles. The Bertz CT molecular complexity index is 673. The van der Waals surface area contributed by atoms with E-state index in [4.69, 9.17) is 11.6 Å². The van der Waals surface area contributed by atoms with Crippen molar-refractivity contribution in [3.8, 4) is 0 Å². The van der Waals surface area contributed by atoms with Crippen LogP contribution in [0.2, 0.25) is 5.02 Å². The predicted molar refractivity (Wildman–Crippen MR) is 84.4 cm³/mol. The number of halogens is 2. The Balaban J connectivity index is 1.95. The number of aryl methyl sites for hydroxylation is 2. The highest BCUT2D eigenvalue weighted by atomic mass is 35.5. The van der Waals surface area contributed by atoms with Crippen LogP contribution < -0.4 is 10.6 Å². The van der Waals surface area contributed by atoms with Gasteiger partial charge in [-0.1, -0.05) is 23.7 Å². The molecule has 0 spiro atoms. The molecular formula is C16H16ClFN2O. The second-order valence-electron chi connectivity index (χ2n) is 4.82. The minimum Gasteiger partial charge on any atom is -0.376 e. The van der Waals surface area contributed by atoms with E-state index in [1.165, 1.54) is 6.07 Å². The van der Waals surface area contributed by atoms with E-state index < -0.39 is 0 Å². The van der Waals surface area contributed by atoms with Gasteiger partial charge >= 0.3 is 0 Å². The van der Waals surface area contributed by atoms with E-state index in [0.29, 0.717) is 22.0 Å². The molecule has 0 heterocycles. The van der Waals surface area contributed by atoms with Gasteiger partial charge in [-0.3, -0.25) is 4.79 Å². The van der Waals surface area contributed by atoms with Gasteiger partial charge in [-0.15, -0.1) is 0 Å². The summed E-state index contributed by atoms with van der Waals surface area (Å²) >= 11 is 5.90. The molecule has 1 amide bonds. The summed E-state index contributed by atoms with van der Waals surface area (Å²) in [6.07, 6.45) is 0. The normalized spacial score (nSPS) is 10.3. The van der Waals surface area contributed by atoms with Crippen molar-refractivity contribution in [3.63, 3.8) is 0 Å². The molecule has 0 fully saturated rings. The lowest BCUT2D eigenvalue weighted by atomic mass is 10.2. The fourth-order valence-corrected chi connectivity index (χ4v) is 1.98. The largest absolute Gasteiger partial charge is 0.376 e. The van der Waals surface area contributed by atoms with Crippen LogP contribution in [0.3, 0.4) is 0 Å². The van der Waals surface area contributed by atoms with E-state index in [-0.39, 0.29) is 18.3 Å². The topological polar surface area (TPSA) is 41.1 Å². The third-order valence-electron chi connectivity index (χ3n) is 3.10. The lowest BCUT2D eigenvalue weighted by Gasteiger charge is -2.10. The molecule has 0 aliphatic heterocycles. The Morgan fingerprint density at radius 1 is 1.14 bits per heavy atom. The van der Waals surface area contributed by atoms with Gasteiger partial charge in [-0.25, -0.2) is 4.39 Å². The molecule has 0 saturated carbocycles. The third kappa shape index (κ3) is 4.20. The van der Waals surface area contributed by atoms with E-state index in [0.717, 1.165) is 5.56 Å². The summed E-state index contributed by atoms with van der Waals surface area (Å²) in [6, 6.07) is 10.1. The monoisotopic (exact) mass is 306 g/mol. The first-order chi connectivity index (χ1) is 9.95. The Morgan fingerprint density at radius 3 is 2.57 bits per heavy atom. The molecule has 0 bridgehead atoms. The van der Waals surface area contributed by atoms with Gasteiger partial charge in [0.2, 0.25) is 5.91 Å². The molecule has 0 radical (unpaired) electrons. The quantitative estimate of drug-likeness (QED) is 0.891. The zero-order valence-corrected chi connectivity index (χ0v) is 12.6. The van der Waals surface area contributed by atoms with Crippen LogP contribution in [0.5, 0.6) is 0 Å². The van der Waals surface area contributed by atoms with Crippen molar-refractivity contribution < 1.29 is 9.18 Å². The lowest BCUT2D eigenvalue weighted by Crippen LogP contribution is -2.22. The molecule has 0 aliphatic carbocycles. The number of anilines is 2. The van der Waals surface area contributed by atoms with Gasteiger partial charge in [0.1, 0.15) is 5.82 Å². The Kier molecular flexibility index (Phi) is 4.81. The maximum absolute atomic E-state index is 13.4. The fraction of sp³-hybridized carbons (Fsp3) is 0.188. The molecule has 0 atom stereocenters. The number of rotatable bonds is 4. The van der Waals surface area contributed by atoms with Crippen LogP contribution in [-0.2, 0) is 4.79 Å². The molecule has 0 aliphatic rings. The van der Waals surface area contributed by atoms with Crippen molar-refractivity contribution in [1.82, 2.24) is 0 Å². The number of amides is 1. The van der Waals surface area contributed by atoms with E-state index in [1.807, 2.05) is 13.0 Å². The van der Waals surface area contributed by atoms with Crippen LogP contribution in [-0.4, -0.2) is 12.5 Å². The van der Waals surface area contributed by atoms with Crippen molar-refractivity contribution in [2.75, 3.05) is 17.2 Å². The summed E-state index contributed by atoms with van der Waals surface area (Å²) < 4.78 is 13.4. The SMILES string of the molecule is Cc1ccc(NCC(=O)Nc2cc(Cl)ccc2C)cc1F. The summed E-state index contributed by atoms with van der Waals surface area (Å²) in [4.78, 5) is 11.9. The van der Waals surface area contributed by atoms with Gasteiger partial charge in [0.05, 0.1) is 6.54 Å². The summed E-state index contributed by atoms with van der Waals surface area (Å²) in [6.45, 7) is 3.62. The summed E-state index contributed by atoms with van der Waals surface area (Å²) in [7, 11) is 0. The highest BCUT2D eigenvalue weighted by Crippen LogP contribution is 2.20. The van der Waals surface area contributed by atoms with Gasteiger partial charge < -0.3 is 10.6 Å². The molecule has 0 unspecified atom stereocenters. The van der Waals surface area contributed by atoms with Crippen molar-refractivity contribution >= 4 is 28.9 Å². The van der Waals surface area contributed by atoms with E-state index >= 15 is 0 Å². The van der Waals surface area contributed by atoms with Crippen LogP contribution >= 0.6 is 11.6 Å². The van der Waals surface area contributed by atoms with Crippen molar-refractivity contribution in [3.05, 3.63) is 58.4 Å². The highest BCUT2D eigenvalue weighted by Gasteiger charge is 2.06. The molecular weight excluding hydrogens is 291 g/mol. The molecule has 110 valence electrons. The summed E-state index contributed by atoms with van der Waals surface area (Å²) in [5.74, 6) is -0.521. The Hall–Kier alpha value is -2.07. The molecule has 2 N–H and O–H groups in total. The second-order valence-corrected chi connectivity index (χ2v) is 5.26. The summed E-state index contributed by atoms with van der Waals surface area (Å²) in [5, 5.41) is 6.21. The number of hydrogen-bond donors (Lipinski definition) is 2. The number of carbonyl (C=O) groups is 1. The van der Waals surface area contributed by atoms with Gasteiger partial charge in [-0.05, 0) is 49.2 Å². The average molecular weight is 307 g/mol. The number of benzene rings is 2. The van der Waals surface area contributed by atoms with Crippen LogP contribution in [0.15, 0.2) is 36.4 Å². The predicted octanol–water partition coefficient (Wildman–Crippen LogP) is 4.15. The average Bonchev–Trinajstić information content (AvgIpc) is 2.44. The van der Waals surface area contributed by atoms with E-state index in [1.54, 1.807) is 31.2 Å². The standard InChI is InChI=1S/C16H16ClFN2O/c1-10-4-6-13(8-14(10)18)19-9-16(21)20-15-7-12(17)5-3-11(15)2/h3-8,19H,9H2,1-2H3,(H,20,21). The van der Waals surface area contributed by atoms with Crippen molar-refractivity contribution in [2.24, 2.45) is 0 Å². The first kappa shape index (κ1) is 15.3. The number of carbonyl (C=O) groups excluding carboxylic acids is 1. The molecule has 2 aromatic carbocycles. The first-order valence-corrected chi connectivity index (χ1v) is 6.89. The molecule has 2 rings (SSSR count). The van der Waals surface area contributed by atoms with Gasteiger partial charge in [0.15, 0.2) is 0 Å². The third-order valence-corrected chi connectivity index (χ3v) is 3.33. The minimum absolute atomic E-state index is 0.0501. The van der Waals surface area contributed by atoms with Gasteiger partial charge in [0, 0.05) is 16.4 Å². The number of hydrogen-bond acceptors (Lipinski definition) is 2. The van der Waals surface area contributed by atoms with E-state index in [9.17, 15) is 9.18 Å². The van der Waals surface area contributed by atoms with Crippen LogP contribution in [0, 0.1) is 19.7 Å². The number of nitrogens with one attached hydrogen (secondary N) is 2. The fourth-order valence-electron chi connectivity index (χ4n) is 1.81. The molecule has 0 saturated heterocycles. The van der Waals surface area contributed by atoms with Crippen LogP contribution in [0.4, 0.5) is 15.8 Å². The maximum atomic E-state index is 13.4. The molecule has 5 heteroatoms. The highest BCUT2D eigenvalue weighted by molar-refractivity contribution is 6.31. The minimum atomic E-state index is -0.300. The molecule has 21 heavy (non-hydrogen) atoms. The Labute approximate surface area is 128 Å². The maximum Gasteiger partial charge on any atom is 0.243 e. The van der Waals surface area contributed by atoms with Gasteiger partial charge in [0.25, 0.3) is 0 Å². The first-order valence-electron chi connectivity index (χ1n) is 6.52. The Morgan fingerprint density at radius 2 is 1.86 bits per heavy atom. The zero-order valence-electron chi connectivity index (χ0n) is 11.8. The zero-order chi connectivity index (χ0) is 15.4. The van der Waals surface area contributed by atoms with Crippen LogP contribution in [0.1, 0.15) is 11.1 Å². The lowest BCUT2D eigenvalue weighted by molar-refractivity contribution is -0.114. The van der Waals surface area contributed by atoms with E-state index in [2.05, 4.69) is 10.6 Å². The second kappa shape index (κ2) is 6.59. The molecule has 3 nitrogen and oxygen atoms in total. The summed E-state index contributed by atoms with van der Waals surface area (Å²) in [5.41, 5.74) is 2.73. The van der Waals surface area contributed by atoms with Crippen molar-refractivity contribution in [1.29, 1.82) is 0 Å². The molecule has 2 aromatic rings. The van der Waals surface area contributed by atoms with Crippen LogP contribution in [0.25, 0.3) is 0 Å². The van der Waals surface area contributed by atoms with Crippen molar-refractivity contribution in [2.45, 2.75) is 13.8 Å².